The van der Waals surface area contributed by atoms with E-state index in [0.29, 0.717) is 0 Å². The quantitative estimate of drug-likeness (QED) is 0.649. The van der Waals surface area contributed by atoms with Crippen molar-refractivity contribution in [2.45, 2.75) is 24.8 Å². The third-order valence-electron chi connectivity index (χ3n) is 2.18. The number of non-ortho nitro benzene ring substituents is 1. The first-order chi connectivity index (χ1) is 8.27. The van der Waals surface area contributed by atoms with Crippen molar-refractivity contribution in [3.63, 3.8) is 0 Å². The fourth-order valence-corrected chi connectivity index (χ4v) is 2.75. The fourth-order valence-electron chi connectivity index (χ4n) is 1.37. The predicted octanol–water partition coefficient (Wildman–Crippen LogP) is 1.09. The van der Waals surface area contributed by atoms with E-state index in [1.165, 1.54) is 19.9 Å². The molecule has 18 heavy (non-hydrogen) atoms. The van der Waals surface area contributed by atoms with Gasteiger partial charge in [-0.2, -0.15) is 9.98 Å². The van der Waals surface area contributed by atoms with Crippen LogP contribution >= 0.6 is 0 Å². The van der Waals surface area contributed by atoms with Crippen molar-refractivity contribution in [2.75, 3.05) is 0 Å². The molecule has 0 aliphatic heterocycles. The summed E-state index contributed by atoms with van der Waals surface area (Å²) < 4.78 is 25.9. The van der Waals surface area contributed by atoms with Gasteiger partial charge in [0, 0.05) is 12.1 Å². The van der Waals surface area contributed by atoms with Gasteiger partial charge in [0.25, 0.3) is 5.69 Å². The van der Waals surface area contributed by atoms with Gasteiger partial charge in [0.2, 0.25) is 10.0 Å². The number of nitro groups is 1. The van der Waals surface area contributed by atoms with Gasteiger partial charge in [-0.1, -0.05) is 0 Å². The molecule has 0 bridgehead atoms. The minimum atomic E-state index is -3.84. The average Bonchev–Trinajstić information content (AvgIpc) is 2.27. The van der Waals surface area contributed by atoms with E-state index in [0.717, 1.165) is 12.1 Å². The Morgan fingerprint density at radius 1 is 1.50 bits per heavy atom. The summed E-state index contributed by atoms with van der Waals surface area (Å²) in [4.78, 5) is 9.86. The summed E-state index contributed by atoms with van der Waals surface area (Å²) >= 11 is 0. The highest BCUT2D eigenvalue weighted by atomic mass is 32.2. The zero-order valence-electron chi connectivity index (χ0n) is 9.75. The van der Waals surface area contributed by atoms with Crippen LogP contribution in [0.1, 0.15) is 12.5 Å². The van der Waals surface area contributed by atoms with E-state index in [4.69, 9.17) is 5.26 Å². The Hall–Kier alpha value is -1.98. The molecule has 1 aromatic carbocycles. The maximum Gasteiger partial charge on any atom is 0.269 e. The third kappa shape index (κ3) is 3.03. The standard InChI is InChI=1S/C10H11N3O4S/c1-7-5-9(13(14)15)3-4-10(7)18(16,17)12-8(2)6-11/h3-5,8,12H,1-2H3/t8-/m1/s1. The van der Waals surface area contributed by atoms with Gasteiger partial charge in [-0.3, -0.25) is 10.1 Å². The number of nitrogens with one attached hydrogen (secondary N) is 1. The van der Waals surface area contributed by atoms with Crippen LogP contribution in [-0.4, -0.2) is 19.4 Å². The van der Waals surface area contributed by atoms with E-state index >= 15 is 0 Å². The molecule has 0 saturated heterocycles. The Labute approximate surface area is 104 Å². The lowest BCUT2D eigenvalue weighted by molar-refractivity contribution is -0.385. The highest BCUT2D eigenvalue weighted by Gasteiger charge is 2.21. The molecule has 0 saturated carbocycles. The van der Waals surface area contributed by atoms with Crippen LogP contribution in [0.5, 0.6) is 0 Å². The van der Waals surface area contributed by atoms with Crippen LogP contribution in [0.2, 0.25) is 0 Å². The Bertz CT molecular complexity index is 619. The molecule has 0 fully saturated rings. The maximum absolute atomic E-state index is 11.9. The molecule has 1 N–H and O–H groups in total. The zero-order chi connectivity index (χ0) is 13.9. The summed E-state index contributed by atoms with van der Waals surface area (Å²) in [7, 11) is -3.84. The van der Waals surface area contributed by atoms with Gasteiger partial charge < -0.3 is 0 Å². The van der Waals surface area contributed by atoms with E-state index in [1.807, 2.05) is 0 Å². The van der Waals surface area contributed by atoms with E-state index in [1.54, 1.807) is 6.07 Å². The minimum Gasteiger partial charge on any atom is -0.258 e. The molecule has 1 atom stereocenters. The highest BCUT2D eigenvalue weighted by Crippen LogP contribution is 2.21. The zero-order valence-corrected chi connectivity index (χ0v) is 10.6. The first-order valence-corrected chi connectivity index (χ1v) is 6.43. The molecule has 0 aliphatic rings. The maximum atomic E-state index is 11.9. The van der Waals surface area contributed by atoms with E-state index in [9.17, 15) is 18.5 Å². The van der Waals surface area contributed by atoms with Crippen molar-refractivity contribution in [1.82, 2.24) is 4.72 Å². The van der Waals surface area contributed by atoms with Gasteiger partial charge in [0.15, 0.2) is 0 Å². The molecule has 8 heteroatoms. The molecule has 0 unspecified atom stereocenters. The number of nitro benzene ring substituents is 1. The average molecular weight is 269 g/mol. The van der Waals surface area contributed by atoms with Crippen molar-refractivity contribution in [3.8, 4) is 6.07 Å². The summed E-state index contributed by atoms with van der Waals surface area (Å²) in [5, 5.41) is 19.1. The van der Waals surface area contributed by atoms with Crippen molar-refractivity contribution in [3.05, 3.63) is 33.9 Å². The number of aryl methyl sites for hydroxylation is 1. The third-order valence-corrected chi connectivity index (χ3v) is 3.89. The Kier molecular flexibility index (Phi) is 4.00. The lowest BCUT2D eigenvalue weighted by Gasteiger charge is -2.09. The van der Waals surface area contributed by atoms with Crippen LogP contribution in [0.15, 0.2) is 23.1 Å². The lowest BCUT2D eigenvalue weighted by Crippen LogP contribution is -2.31. The first-order valence-electron chi connectivity index (χ1n) is 4.95. The van der Waals surface area contributed by atoms with Gasteiger partial charge >= 0.3 is 0 Å². The van der Waals surface area contributed by atoms with Crippen molar-refractivity contribution in [1.29, 1.82) is 5.26 Å². The fraction of sp³-hybridized carbons (Fsp3) is 0.300. The minimum absolute atomic E-state index is 0.0739. The van der Waals surface area contributed by atoms with Crippen molar-refractivity contribution in [2.24, 2.45) is 0 Å². The van der Waals surface area contributed by atoms with Gasteiger partial charge in [0.1, 0.15) is 6.04 Å². The highest BCUT2D eigenvalue weighted by molar-refractivity contribution is 7.89. The second-order valence-corrected chi connectivity index (χ2v) is 5.36. The molecule has 0 aromatic heterocycles. The SMILES string of the molecule is Cc1cc([N+](=O)[O-])ccc1S(=O)(=O)N[C@H](C)C#N. The number of rotatable bonds is 4. The lowest BCUT2D eigenvalue weighted by atomic mass is 10.2. The number of nitrogens with zero attached hydrogens (tertiary/aromatic N) is 2. The monoisotopic (exact) mass is 269 g/mol. The summed E-state index contributed by atoms with van der Waals surface area (Å²) in [6.07, 6.45) is 0. The van der Waals surface area contributed by atoms with Crippen molar-refractivity contribution >= 4 is 15.7 Å². The van der Waals surface area contributed by atoms with Gasteiger partial charge in [0.05, 0.1) is 15.9 Å². The molecule has 0 aliphatic carbocycles. The topological polar surface area (TPSA) is 113 Å². The second kappa shape index (κ2) is 5.12. The molecular formula is C10H11N3O4S. The normalized spacial score (nSPS) is 12.7. The number of hydrogen-bond donors (Lipinski definition) is 1. The second-order valence-electron chi connectivity index (χ2n) is 3.68. The molecular weight excluding hydrogens is 258 g/mol. The number of sulfonamides is 1. The van der Waals surface area contributed by atoms with E-state index in [-0.39, 0.29) is 16.1 Å². The summed E-state index contributed by atoms with van der Waals surface area (Å²) in [5.41, 5.74) is 0.0709. The van der Waals surface area contributed by atoms with Crippen molar-refractivity contribution < 1.29 is 13.3 Å². The summed E-state index contributed by atoms with van der Waals surface area (Å²) in [6, 6.07) is 4.31. The van der Waals surface area contributed by atoms with Crippen LogP contribution in [0.4, 0.5) is 5.69 Å². The largest absolute Gasteiger partial charge is 0.269 e. The number of benzene rings is 1. The first kappa shape index (κ1) is 14.1. The molecule has 0 amide bonds. The van der Waals surface area contributed by atoms with E-state index < -0.39 is 21.0 Å². The molecule has 0 radical (unpaired) electrons. The van der Waals surface area contributed by atoms with Crippen LogP contribution in [-0.2, 0) is 10.0 Å². The molecule has 7 nitrogen and oxygen atoms in total. The summed E-state index contributed by atoms with van der Waals surface area (Å²) in [6.45, 7) is 2.86. The van der Waals surface area contributed by atoms with Gasteiger partial charge in [-0.25, -0.2) is 8.42 Å². The Balaban J connectivity index is 3.19. The van der Waals surface area contributed by atoms with Crippen LogP contribution < -0.4 is 4.72 Å². The molecule has 0 heterocycles. The van der Waals surface area contributed by atoms with Crippen LogP contribution in [0, 0.1) is 28.4 Å². The number of nitriles is 1. The smallest absolute Gasteiger partial charge is 0.258 e. The molecule has 1 aromatic rings. The Morgan fingerprint density at radius 3 is 2.56 bits per heavy atom. The molecule has 1 rings (SSSR count). The predicted molar refractivity (Wildman–Crippen MR) is 63.2 cm³/mol. The van der Waals surface area contributed by atoms with Gasteiger partial charge in [-0.15, -0.1) is 0 Å². The molecule has 96 valence electrons. The van der Waals surface area contributed by atoms with E-state index in [2.05, 4.69) is 4.72 Å². The van der Waals surface area contributed by atoms with Crippen LogP contribution in [0.3, 0.4) is 0 Å². The van der Waals surface area contributed by atoms with Gasteiger partial charge in [-0.05, 0) is 25.5 Å². The molecule has 0 spiro atoms. The Morgan fingerprint density at radius 2 is 2.11 bits per heavy atom. The summed E-state index contributed by atoms with van der Waals surface area (Å²) in [5.74, 6) is 0. The van der Waals surface area contributed by atoms with Crippen LogP contribution in [0.25, 0.3) is 0 Å². The number of hydrogen-bond acceptors (Lipinski definition) is 5.